The molecule has 1 unspecified atom stereocenters. The molecule has 0 aromatic heterocycles. The van der Waals surface area contributed by atoms with Gasteiger partial charge in [-0.05, 0) is 47.0 Å². The van der Waals surface area contributed by atoms with Gasteiger partial charge in [0.25, 0.3) is 0 Å². The Morgan fingerprint density at radius 3 is 2.46 bits per heavy atom. The molecule has 3 rings (SSSR count). The van der Waals surface area contributed by atoms with Crippen LogP contribution in [0.4, 0.5) is 5.69 Å². The molecule has 3 aromatic rings. The third kappa shape index (κ3) is 4.51. The molecule has 0 aliphatic rings. The van der Waals surface area contributed by atoms with Crippen molar-refractivity contribution in [2.24, 2.45) is 0 Å². The van der Waals surface area contributed by atoms with E-state index in [9.17, 15) is 4.79 Å². The molecule has 0 heterocycles. The molecular formula is C23H25NO2. The van der Waals surface area contributed by atoms with Gasteiger partial charge in [-0.25, -0.2) is 0 Å². The van der Waals surface area contributed by atoms with Crippen LogP contribution in [0.5, 0.6) is 0 Å². The quantitative estimate of drug-likeness (QED) is 0.557. The van der Waals surface area contributed by atoms with Crippen LogP contribution in [-0.4, -0.2) is 11.0 Å². The smallest absolute Gasteiger partial charge is 0.231 e. The summed E-state index contributed by atoms with van der Waals surface area (Å²) in [6.07, 6.45) is 2.56. The van der Waals surface area contributed by atoms with Gasteiger partial charge in [-0.1, -0.05) is 68.4 Å². The van der Waals surface area contributed by atoms with Crippen molar-refractivity contribution >= 4 is 28.4 Å². The molecule has 0 aliphatic heterocycles. The molecule has 26 heavy (non-hydrogen) atoms. The van der Waals surface area contributed by atoms with E-state index in [-0.39, 0.29) is 11.8 Å². The van der Waals surface area contributed by atoms with E-state index in [0.29, 0.717) is 5.69 Å². The van der Waals surface area contributed by atoms with Crippen molar-refractivity contribution in [2.75, 3.05) is 5.32 Å². The average Bonchev–Trinajstić information content (AvgIpc) is 2.69. The Bertz CT molecular complexity index is 894. The molecule has 2 N–H and O–H groups in total. The van der Waals surface area contributed by atoms with E-state index in [1.54, 1.807) is 6.08 Å². The lowest BCUT2D eigenvalue weighted by Gasteiger charge is -2.15. The van der Waals surface area contributed by atoms with E-state index in [4.69, 9.17) is 5.11 Å². The van der Waals surface area contributed by atoms with Crippen LogP contribution in [0, 0.1) is 0 Å². The van der Waals surface area contributed by atoms with Gasteiger partial charge in [-0.3, -0.25) is 4.79 Å². The second-order valence-corrected chi connectivity index (χ2v) is 5.72. The summed E-state index contributed by atoms with van der Waals surface area (Å²) in [5.41, 5.74) is 2.55. The van der Waals surface area contributed by atoms with Crippen LogP contribution in [0.15, 0.2) is 73.0 Å². The maximum Gasteiger partial charge on any atom is 0.231 e. The fourth-order valence-electron chi connectivity index (χ4n) is 2.83. The number of amides is 1. The molecule has 134 valence electrons. The van der Waals surface area contributed by atoms with Crippen LogP contribution in [0.2, 0.25) is 0 Å². The Hall–Kier alpha value is -3.07. The highest BCUT2D eigenvalue weighted by molar-refractivity contribution is 5.99. The molecule has 0 radical (unpaired) electrons. The Balaban J connectivity index is 0.00000117. The summed E-state index contributed by atoms with van der Waals surface area (Å²) in [5, 5.41) is 14.0. The number of carbonyl (C=O) groups is 1. The van der Waals surface area contributed by atoms with Crippen LogP contribution < -0.4 is 5.32 Å². The summed E-state index contributed by atoms with van der Waals surface area (Å²) in [6.45, 7) is 5.91. The Kier molecular flexibility index (Phi) is 6.98. The van der Waals surface area contributed by atoms with Crippen molar-refractivity contribution in [3.8, 4) is 0 Å². The molecule has 0 bridgehead atoms. The highest BCUT2D eigenvalue weighted by Crippen LogP contribution is 2.26. The topological polar surface area (TPSA) is 49.3 Å². The molecule has 1 atom stereocenters. The molecule has 3 nitrogen and oxygen atoms in total. The van der Waals surface area contributed by atoms with Crippen LogP contribution >= 0.6 is 0 Å². The van der Waals surface area contributed by atoms with E-state index in [1.165, 1.54) is 0 Å². The molecule has 0 saturated heterocycles. The molecule has 0 fully saturated rings. The monoisotopic (exact) mass is 347 g/mol. The first-order chi connectivity index (χ1) is 12.7. The highest BCUT2D eigenvalue weighted by Gasteiger charge is 2.17. The predicted octanol–water partition coefficient (Wildman–Crippen LogP) is 6.14. The number of aliphatic hydroxyl groups is 1. The molecule has 1 amide bonds. The lowest BCUT2D eigenvalue weighted by molar-refractivity contribution is -0.117. The van der Waals surface area contributed by atoms with E-state index in [1.807, 2.05) is 87.5 Å². The van der Waals surface area contributed by atoms with E-state index in [0.717, 1.165) is 28.2 Å². The van der Waals surface area contributed by atoms with Gasteiger partial charge in [0.15, 0.2) is 0 Å². The number of carbonyl (C=O) groups excluding carboxylic acids is 1. The minimum atomic E-state index is -0.270. The zero-order chi connectivity index (χ0) is 18.9. The SMILES string of the molecule is CC.CC(C(=O)Nc1cccc(/C=C\O)c1)c1cccc2ccccc12. The number of anilines is 1. The van der Waals surface area contributed by atoms with Gasteiger partial charge < -0.3 is 10.4 Å². The Labute approximate surface area is 155 Å². The third-order valence-electron chi connectivity index (χ3n) is 4.10. The lowest BCUT2D eigenvalue weighted by atomic mass is 9.94. The first-order valence-electron chi connectivity index (χ1n) is 8.88. The standard InChI is InChI=1S/C21H19NO2.C2H6/c1-15(19-11-5-8-17-7-2-3-10-20(17)19)21(24)22-18-9-4-6-16(14-18)12-13-23;1-2/h2-15,23H,1H3,(H,22,24);1-2H3/b13-12-;. The van der Waals surface area contributed by atoms with Gasteiger partial charge in [0.2, 0.25) is 5.91 Å². The van der Waals surface area contributed by atoms with Gasteiger partial charge in [-0.2, -0.15) is 0 Å². The molecule has 0 spiro atoms. The minimum Gasteiger partial charge on any atom is -0.516 e. The summed E-state index contributed by atoms with van der Waals surface area (Å²) in [6, 6.07) is 21.5. The summed E-state index contributed by atoms with van der Waals surface area (Å²) in [5.74, 6) is -0.329. The number of fused-ring (bicyclic) bond motifs is 1. The van der Waals surface area contributed by atoms with Crippen molar-refractivity contribution in [3.63, 3.8) is 0 Å². The minimum absolute atomic E-state index is 0.0588. The lowest BCUT2D eigenvalue weighted by Crippen LogP contribution is -2.19. The van der Waals surface area contributed by atoms with Crippen molar-refractivity contribution < 1.29 is 9.90 Å². The van der Waals surface area contributed by atoms with Crippen LogP contribution in [-0.2, 0) is 4.79 Å². The second-order valence-electron chi connectivity index (χ2n) is 5.72. The number of hydrogen-bond donors (Lipinski definition) is 2. The number of benzene rings is 3. The summed E-state index contributed by atoms with van der Waals surface area (Å²) in [4.78, 5) is 12.6. The molecule has 3 heteroatoms. The zero-order valence-electron chi connectivity index (χ0n) is 15.4. The Morgan fingerprint density at radius 1 is 1.00 bits per heavy atom. The molecular weight excluding hydrogens is 322 g/mol. The number of rotatable bonds is 4. The summed E-state index contributed by atoms with van der Waals surface area (Å²) < 4.78 is 0. The fourth-order valence-corrected chi connectivity index (χ4v) is 2.83. The van der Waals surface area contributed by atoms with E-state index >= 15 is 0 Å². The second kappa shape index (κ2) is 9.42. The van der Waals surface area contributed by atoms with Gasteiger partial charge >= 0.3 is 0 Å². The average molecular weight is 347 g/mol. The number of aliphatic hydroxyl groups excluding tert-OH is 1. The van der Waals surface area contributed by atoms with Crippen LogP contribution in [0.25, 0.3) is 16.8 Å². The van der Waals surface area contributed by atoms with Crippen molar-refractivity contribution in [1.29, 1.82) is 0 Å². The van der Waals surface area contributed by atoms with Gasteiger partial charge in [0.1, 0.15) is 0 Å². The van der Waals surface area contributed by atoms with Crippen molar-refractivity contribution in [3.05, 3.63) is 84.1 Å². The first kappa shape index (κ1) is 19.3. The van der Waals surface area contributed by atoms with E-state index in [2.05, 4.69) is 5.32 Å². The van der Waals surface area contributed by atoms with Crippen molar-refractivity contribution in [2.45, 2.75) is 26.7 Å². The summed E-state index contributed by atoms with van der Waals surface area (Å²) >= 11 is 0. The third-order valence-corrected chi connectivity index (χ3v) is 4.10. The molecule has 0 aliphatic carbocycles. The van der Waals surface area contributed by atoms with Crippen LogP contribution in [0.3, 0.4) is 0 Å². The Morgan fingerprint density at radius 2 is 1.69 bits per heavy atom. The summed E-state index contributed by atoms with van der Waals surface area (Å²) in [7, 11) is 0. The first-order valence-corrected chi connectivity index (χ1v) is 8.88. The largest absolute Gasteiger partial charge is 0.516 e. The van der Waals surface area contributed by atoms with Gasteiger partial charge in [-0.15, -0.1) is 0 Å². The van der Waals surface area contributed by atoms with Gasteiger partial charge in [0.05, 0.1) is 12.2 Å². The van der Waals surface area contributed by atoms with Crippen LogP contribution in [0.1, 0.15) is 37.8 Å². The van der Waals surface area contributed by atoms with Gasteiger partial charge in [0, 0.05) is 5.69 Å². The fraction of sp³-hybridized carbons (Fsp3) is 0.174. The maximum atomic E-state index is 12.6. The normalized spacial score (nSPS) is 11.7. The number of hydrogen-bond acceptors (Lipinski definition) is 2. The van der Waals surface area contributed by atoms with Crippen molar-refractivity contribution in [1.82, 2.24) is 0 Å². The van der Waals surface area contributed by atoms with E-state index < -0.39 is 0 Å². The highest BCUT2D eigenvalue weighted by atomic mass is 16.2. The zero-order valence-corrected chi connectivity index (χ0v) is 15.4. The predicted molar refractivity (Wildman–Crippen MR) is 110 cm³/mol. The molecule has 0 saturated carbocycles. The number of nitrogens with one attached hydrogen (secondary N) is 1. The molecule has 3 aromatic carbocycles. The maximum absolute atomic E-state index is 12.6.